The van der Waals surface area contributed by atoms with E-state index in [1.165, 1.54) is 24.3 Å². The van der Waals surface area contributed by atoms with E-state index in [-0.39, 0.29) is 12.6 Å². The molecule has 0 unspecified atom stereocenters. The Bertz CT molecular complexity index is 872. The Morgan fingerprint density at radius 3 is 2.32 bits per heavy atom. The highest BCUT2D eigenvalue weighted by Crippen LogP contribution is 2.20. The number of hydrogen-bond donors (Lipinski definition) is 2. The van der Waals surface area contributed by atoms with Crippen molar-refractivity contribution in [1.82, 2.24) is 9.88 Å². The van der Waals surface area contributed by atoms with Crippen molar-refractivity contribution in [2.75, 3.05) is 18.5 Å². The Kier molecular flexibility index (Phi) is 6.92. The van der Waals surface area contributed by atoms with Gasteiger partial charge in [-0.2, -0.15) is 0 Å². The standard InChI is InChI=1S/C20H24FN3O4/c1-12(2)24-13(3)9-17(14(24)4)20(27)28-11-19(26)22-10-18(25)23-16-7-5-15(21)6-8-16/h5-9,12H,10-11H2,1-4H3,(H,22,26)(H,23,25). The molecule has 0 aliphatic rings. The van der Waals surface area contributed by atoms with Gasteiger partial charge in [-0.3, -0.25) is 9.59 Å². The number of aromatic nitrogens is 1. The molecule has 2 amide bonds. The van der Waals surface area contributed by atoms with Crippen LogP contribution in [0.3, 0.4) is 0 Å². The van der Waals surface area contributed by atoms with Crippen LogP contribution in [0.1, 0.15) is 41.6 Å². The van der Waals surface area contributed by atoms with E-state index in [1.807, 2.05) is 32.3 Å². The number of ether oxygens (including phenoxy) is 1. The van der Waals surface area contributed by atoms with Crippen LogP contribution in [0.4, 0.5) is 10.1 Å². The van der Waals surface area contributed by atoms with Crippen molar-refractivity contribution in [3.63, 3.8) is 0 Å². The molecule has 0 spiro atoms. The normalized spacial score (nSPS) is 10.6. The van der Waals surface area contributed by atoms with Gasteiger partial charge in [-0.1, -0.05) is 0 Å². The lowest BCUT2D eigenvalue weighted by atomic mass is 10.2. The highest BCUT2D eigenvalue weighted by atomic mass is 19.1. The summed E-state index contributed by atoms with van der Waals surface area (Å²) in [5, 5.41) is 4.87. The van der Waals surface area contributed by atoms with Crippen LogP contribution in [0.5, 0.6) is 0 Å². The smallest absolute Gasteiger partial charge is 0.340 e. The minimum absolute atomic E-state index is 0.199. The van der Waals surface area contributed by atoms with Gasteiger partial charge in [-0.25, -0.2) is 9.18 Å². The quantitative estimate of drug-likeness (QED) is 0.713. The molecule has 0 aliphatic carbocycles. The number of anilines is 1. The number of esters is 1. The molecule has 0 fully saturated rings. The van der Waals surface area contributed by atoms with Gasteiger partial charge in [0.1, 0.15) is 5.82 Å². The number of aryl methyl sites for hydroxylation is 1. The van der Waals surface area contributed by atoms with Gasteiger partial charge in [0.2, 0.25) is 5.91 Å². The van der Waals surface area contributed by atoms with Gasteiger partial charge in [-0.15, -0.1) is 0 Å². The molecule has 0 saturated carbocycles. The Hall–Kier alpha value is -3.16. The Balaban J connectivity index is 1.80. The van der Waals surface area contributed by atoms with Gasteiger partial charge >= 0.3 is 5.97 Å². The van der Waals surface area contributed by atoms with Gasteiger partial charge in [0, 0.05) is 23.1 Å². The molecule has 0 saturated heterocycles. The zero-order valence-corrected chi connectivity index (χ0v) is 16.3. The van der Waals surface area contributed by atoms with E-state index in [2.05, 4.69) is 10.6 Å². The number of carbonyl (C=O) groups excluding carboxylic acids is 3. The third kappa shape index (κ3) is 5.42. The molecule has 0 aliphatic heterocycles. The fourth-order valence-electron chi connectivity index (χ4n) is 2.96. The Labute approximate surface area is 162 Å². The van der Waals surface area contributed by atoms with Gasteiger partial charge in [0.05, 0.1) is 12.1 Å². The lowest BCUT2D eigenvalue weighted by molar-refractivity contribution is -0.126. The van der Waals surface area contributed by atoms with Gasteiger partial charge in [0.25, 0.3) is 5.91 Å². The van der Waals surface area contributed by atoms with E-state index < -0.39 is 30.2 Å². The topological polar surface area (TPSA) is 89.4 Å². The van der Waals surface area contributed by atoms with Crippen LogP contribution in [0.15, 0.2) is 30.3 Å². The summed E-state index contributed by atoms with van der Waals surface area (Å²) in [6, 6.07) is 7.17. The van der Waals surface area contributed by atoms with Gasteiger partial charge in [-0.05, 0) is 58.0 Å². The van der Waals surface area contributed by atoms with Crippen LogP contribution in [-0.2, 0) is 14.3 Å². The predicted octanol–water partition coefficient (Wildman–Crippen LogP) is 2.74. The number of nitrogens with zero attached hydrogens (tertiary/aromatic N) is 1. The van der Waals surface area contributed by atoms with Crippen LogP contribution in [0.2, 0.25) is 0 Å². The molecule has 1 aromatic carbocycles. The lowest BCUT2D eigenvalue weighted by Gasteiger charge is -2.13. The summed E-state index contributed by atoms with van der Waals surface area (Å²) < 4.78 is 19.9. The van der Waals surface area contributed by atoms with E-state index >= 15 is 0 Å². The third-order valence-electron chi connectivity index (χ3n) is 4.13. The van der Waals surface area contributed by atoms with Crippen LogP contribution in [-0.4, -0.2) is 35.5 Å². The second kappa shape index (κ2) is 9.16. The second-order valence-corrected chi connectivity index (χ2v) is 6.66. The lowest BCUT2D eigenvalue weighted by Crippen LogP contribution is -2.35. The highest BCUT2D eigenvalue weighted by Gasteiger charge is 2.19. The summed E-state index contributed by atoms with van der Waals surface area (Å²) in [5.74, 6) is -2.08. The first-order valence-electron chi connectivity index (χ1n) is 8.86. The van der Waals surface area contributed by atoms with E-state index in [4.69, 9.17) is 4.74 Å². The largest absolute Gasteiger partial charge is 0.452 e. The van der Waals surface area contributed by atoms with Crippen molar-refractivity contribution >= 4 is 23.5 Å². The molecule has 1 aromatic heterocycles. The maximum Gasteiger partial charge on any atom is 0.340 e. The summed E-state index contributed by atoms with van der Waals surface area (Å²) in [6.45, 7) is 6.96. The second-order valence-electron chi connectivity index (χ2n) is 6.66. The maximum atomic E-state index is 12.8. The van der Waals surface area contributed by atoms with Crippen LogP contribution < -0.4 is 10.6 Å². The van der Waals surface area contributed by atoms with Crippen molar-refractivity contribution in [3.8, 4) is 0 Å². The van der Waals surface area contributed by atoms with Crippen molar-refractivity contribution in [2.24, 2.45) is 0 Å². The number of halogens is 1. The maximum absolute atomic E-state index is 12.8. The molecule has 0 bridgehead atoms. The first-order valence-corrected chi connectivity index (χ1v) is 8.86. The molecule has 2 N–H and O–H groups in total. The number of nitrogens with one attached hydrogen (secondary N) is 2. The minimum Gasteiger partial charge on any atom is -0.452 e. The average Bonchev–Trinajstić information content (AvgIpc) is 2.94. The monoisotopic (exact) mass is 389 g/mol. The number of carbonyl (C=O) groups is 3. The first kappa shape index (κ1) is 21.1. The first-order chi connectivity index (χ1) is 13.2. The molecule has 28 heavy (non-hydrogen) atoms. The van der Waals surface area contributed by atoms with Crippen LogP contribution in [0, 0.1) is 19.7 Å². The van der Waals surface area contributed by atoms with Crippen molar-refractivity contribution in [3.05, 3.63) is 53.1 Å². The van der Waals surface area contributed by atoms with E-state index in [9.17, 15) is 18.8 Å². The van der Waals surface area contributed by atoms with E-state index in [1.54, 1.807) is 6.07 Å². The average molecular weight is 389 g/mol. The van der Waals surface area contributed by atoms with E-state index in [0.717, 1.165) is 11.4 Å². The zero-order chi connectivity index (χ0) is 20.8. The van der Waals surface area contributed by atoms with Gasteiger partial charge < -0.3 is 19.9 Å². The molecule has 0 atom stereocenters. The fraction of sp³-hybridized carbons (Fsp3) is 0.350. The molecule has 150 valence electrons. The summed E-state index contributed by atoms with van der Waals surface area (Å²) >= 11 is 0. The van der Waals surface area contributed by atoms with E-state index in [0.29, 0.717) is 11.3 Å². The zero-order valence-electron chi connectivity index (χ0n) is 16.3. The SMILES string of the molecule is Cc1cc(C(=O)OCC(=O)NCC(=O)Nc2ccc(F)cc2)c(C)n1C(C)C. The summed E-state index contributed by atoms with van der Waals surface area (Å²) in [6.07, 6.45) is 0. The number of benzene rings is 1. The predicted molar refractivity (Wildman–Crippen MR) is 103 cm³/mol. The van der Waals surface area contributed by atoms with Gasteiger partial charge in [0.15, 0.2) is 6.61 Å². The molecule has 2 aromatic rings. The molecule has 7 nitrogen and oxygen atoms in total. The number of rotatable bonds is 7. The molecule has 2 rings (SSSR count). The fourth-order valence-corrected chi connectivity index (χ4v) is 2.96. The van der Waals surface area contributed by atoms with Crippen molar-refractivity contribution in [1.29, 1.82) is 0 Å². The highest BCUT2D eigenvalue weighted by molar-refractivity contribution is 5.95. The van der Waals surface area contributed by atoms with Crippen molar-refractivity contribution < 1.29 is 23.5 Å². The molecule has 1 heterocycles. The third-order valence-corrected chi connectivity index (χ3v) is 4.13. The van der Waals surface area contributed by atoms with Crippen LogP contribution in [0.25, 0.3) is 0 Å². The number of amides is 2. The molecular weight excluding hydrogens is 365 g/mol. The number of hydrogen-bond acceptors (Lipinski definition) is 4. The molecular formula is C20H24FN3O4. The van der Waals surface area contributed by atoms with Crippen LogP contribution >= 0.6 is 0 Å². The summed E-state index contributed by atoms with van der Waals surface area (Å²) in [4.78, 5) is 35.8. The van der Waals surface area contributed by atoms with Crippen molar-refractivity contribution in [2.45, 2.75) is 33.7 Å². The Morgan fingerprint density at radius 1 is 1.11 bits per heavy atom. The molecule has 0 radical (unpaired) electrons. The summed E-state index contributed by atoms with van der Waals surface area (Å²) in [7, 11) is 0. The minimum atomic E-state index is -0.597. The molecule has 8 heteroatoms. The Morgan fingerprint density at radius 2 is 1.75 bits per heavy atom. The summed E-state index contributed by atoms with van der Waals surface area (Å²) in [5.41, 5.74) is 2.53.